The molecule has 2 atom stereocenters. The summed E-state index contributed by atoms with van der Waals surface area (Å²) in [5.41, 5.74) is 2.06. The predicted molar refractivity (Wildman–Crippen MR) is 134 cm³/mol. The van der Waals surface area contributed by atoms with Crippen LogP contribution in [-0.4, -0.2) is 39.1 Å². The number of hydrogen-bond donors (Lipinski definition) is 2. The molecule has 7 nitrogen and oxygen atoms in total. The third kappa shape index (κ3) is 4.54. The highest BCUT2D eigenvalue weighted by Gasteiger charge is 2.29. The summed E-state index contributed by atoms with van der Waals surface area (Å²) in [7, 11) is 0. The van der Waals surface area contributed by atoms with Crippen LogP contribution in [0.3, 0.4) is 0 Å². The monoisotopic (exact) mass is 509 g/mol. The van der Waals surface area contributed by atoms with Crippen LogP contribution in [0.1, 0.15) is 24.9 Å². The molecule has 2 aromatic carbocycles. The van der Waals surface area contributed by atoms with Crippen molar-refractivity contribution in [3.05, 3.63) is 77.2 Å². The summed E-state index contributed by atoms with van der Waals surface area (Å²) in [6.07, 6.45) is 4.97. The Bertz CT molecular complexity index is 1450. The zero-order chi connectivity index (χ0) is 25.4. The van der Waals surface area contributed by atoms with E-state index in [0.29, 0.717) is 58.2 Å². The molecule has 1 fully saturated rings. The summed E-state index contributed by atoms with van der Waals surface area (Å²) < 4.78 is 29.4. The van der Waals surface area contributed by atoms with Gasteiger partial charge in [-0.1, -0.05) is 29.8 Å². The molecule has 36 heavy (non-hydrogen) atoms. The van der Waals surface area contributed by atoms with E-state index in [9.17, 15) is 14.3 Å². The molecule has 184 valence electrons. The highest BCUT2D eigenvalue weighted by molar-refractivity contribution is 6.34. The molecular formula is C26H22ClF2N5O2. The van der Waals surface area contributed by atoms with Gasteiger partial charge in [-0.25, -0.2) is 18.7 Å². The third-order valence-electron chi connectivity index (χ3n) is 6.41. The van der Waals surface area contributed by atoms with E-state index in [1.54, 1.807) is 29.2 Å². The highest BCUT2D eigenvalue weighted by Crippen LogP contribution is 2.36. The van der Waals surface area contributed by atoms with Crippen molar-refractivity contribution in [2.24, 2.45) is 5.92 Å². The van der Waals surface area contributed by atoms with E-state index < -0.39 is 23.7 Å². The molecule has 0 saturated carbocycles. The average Bonchev–Trinajstić information content (AvgIpc) is 3.37. The van der Waals surface area contributed by atoms with Gasteiger partial charge in [-0.2, -0.15) is 0 Å². The minimum Gasteiger partial charge on any atom is -0.481 e. The number of hydrogen-bond acceptors (Lipinski definition) is 6. The molecule has 10 heteroatoms. The lowest BCUT2D eigenvalue weighted by molar-refractivity contribution is -0.140. The first-order chi connectivity index (χ1) is 17.3. The molecule has 2 aromatic heterocycles. The molecule has 0 radical (unpaired) electrons. The SMILES string of the molecule is C[C@@H](Nc1c(Cl)cnc2cc(F)c(-c3cnc(N4CCC(C(=O)O)C4)nc3)cc12)c1ccccc1F. The van der Waals surface area contributed by atoms with Crippen LogP contribution in [0.5, 0.6) is 0 Å². The summed E-state index contributed by atoms with van der Waals surface area (Å²) >= 11 is 6.46. The van der Waals surface area contributed by atoms with E-state index in [1.807, 2.05) is 6.92 Å². The number of aromatic nitrogens is 3. The first kappa shape index (κ1) is 23.9. The van der Waals surface area contributed by atoms with E-state index in [-0.39, 0.29) is 11.4 Å². The normalized spacial score (nSPS) is 16.3. The number of nitrogens with one attached hydrogen (secondary N) is 1. The lowest BCUT2D eigenvalue weighted by Gasteiger charge is -2.19. The summed E-state index contributed by atoms with van der Waals surface area (Å²) in [6.45, 7) is 2.68. The van der Waals surface area contributed by atoms with Crippen molar-refractivity contribution in [1.29, 1.82) is 0 Å². The second-order valence-corrected chi connectivity index (χ2v) is 9.17. The number of carbonyl (C=O) groups is 1. The zero-order valence-corrected chi connectivity index (χ0v) is 20.0. The van der Waals surface area contributed by atoms with Gasteiger partial charge in [0.2, 0.25) is 5.95 Å². The van der Waals surface area contributed by atoms with Crippen LogP contribution in [0, 0.1) is 17.6 Å². The van der Waals surface area contributed by atoms with Crippen LogP contribution in [0.4, 0.5) is 20.4 Å². The zero-order valence-electron chi connectivity index (χ0n) is 19.3. The van der Waals surface area contributed by atoms with Gasteiger partial charge < -0.3 is 15.3 Å². The van der Waals surface area contributed by atoms with Gasteiger partial charge in [-0.15, -0.1) is 0 Å². The van der Waals surface area contributed by atoms with Crippen LogP contribution in [0.2, 0.25) is 5.02 Å². The largest absolute Gasteiger partial charge is 0.481 e. The van der Waals surface area contributed by atoms with E-state index in [0.717, 1.165) is 0 Å². The van der Waals surface area contributed by atoms with Crippen molar-refractivity contribution in [3.8, 4) is 11.1 Å². The summed E-state index contributed by atoms with van der Waals surface area (Å²) in [6, 6.07) is 8.97. The van der Waals surface area contributed by atoms with Crippen molar-refractivity contribution in [2.45, 2.75) is 19.4 Å². The van der Waals surface area contributed by atoms with E-state index in [1.165, 1.54) is 30.7 Å². The summed E-state index contributed by atoms with van der Waals surface area (Å²) in [4.78, 5) is 26.0. The Morgan fingerprint density at radius 3 is 2.58 bits per heavy atom. The maximum Gasteiger partial charge on any atom is 0.308 e. The Hall–Kier alpha value is -3.85. The van der Waals surface area contributed by atoms with Gasteiger partial charge in [0.1, 0.15) is 11.6 Å². The second kappa shape index (κ2) is 9.66. The Morgan fingerprint density at radius 2 is 1.89 bits per heavy atom. The van der Waals surface area contributed by atoms with Gasteiger partial charge in [0.05, 0.1) is 28.2 Å². The predicted octanol–water partition coefficient (Wildman–Crippen LogP) is 5.71. The lowest BCUT2D eigenvalue weighted by Crippen LogP contribution is -2.24. The minimum atomic E-state index is -0.839. The van der Waals surface area contributed by atoms with Gasteiger partial charge in [0.15, 0.2) is 0 Å². The number of halogens is 3. The van der Waals surface area contributed by atoms with Crippen LogP contribution < -0.4 is 10.2 Å². The van der Waals surface area contributed by atoms with E-state index in [4.69, 9.17) is 11.6 Å². The standard InChI is InChI=1S/C26H22ClF2N5O2/c1-14(17-4-2-3-5-21(17)28)33-24-19-8-18(22(29)9-23(19)30-12-20(24)27)16-10-31-26(32-11-16)34-7-6-15(13-34)25(35)36/h2-5,8-12,14-15H,6-7,13H2,1H3,(H,30,33)(H,35,36)/t14-,15?/m1/s1. The van der Waals surface area contributed by atoms with Crippen molar-refractivity contribution < 1.29 is 18.7 Å². The minimum absolute atomic E-state index is 0.254. The number of benzene rings is 2. The van der Waals surface area contributed by atoms with Gasteiger partial charge in [0, 0.05) is 59.8 Å². The quantitative estimate of drug-likeness (QED) is 0.344. The molecule has 4 aromatic rings. The Morgan fingerprint density at radius 1 is 1.14 bits per heavy atom. The van der Waals surface area contributed by atoms with E-state index in [2.05, 4.69) is 20.3 Å². The van der Waals surface area contributed by atoms with Gasteiger partial charge in [-0.05, 0) is 25.5 Å². The van der Waals surface area contributed by atoms with Gasteiger partial charge in [0.25, 0.3) is 0 Å². The number of rotatable bonds is 6. The van der Waals surface area contributed by atoms with Gasteiger partial charge >= 0.3 is 5.97 Å². The Balaban J connectivity index is 1.48. The second-order valence-electron chi connectivity index (χ2n) is 8.76. The molecule has 5 rings (SSSR count). The molecule has 0 aliphatic carbocycles. The topological polar surface area (TPSA) is 91.2 Å². The van der Waals surface area contributed by atoms with Crippen LogP contribution in [-0.2, 0) is 4.79 Å². The average molecular weight is 510 g/mol. The smallest absolute Gasteiger partial charge is 0.308 e. The van der Waals surface area contributed by atoms with Crippen molar-refractivity contribution in [2.75, 3.05) is 23.3 Å². The van der Waals surface area contributed by atoms with Crippen LogP contribution >= 0.6 is 11.6 Å². The molecule has 0 amide bonds. The molecule has 1 saturated heterocycles. The fourth-order valence-electron chi connectivity index (χ4n) is 4.44. The van der Waals surface area contributed by atoms with Crippen LogP contribution in [0.25, 0.3) is 22.0 Å². The van der Waals surface area contributed by atoms with Crippen molar-refractivity contribution >= 4 is 40.1 Å². The van der Waals surface area contributed by atoms with Crippen LogP contribution in [0.15, 0.2) is 55.0 Å². The Labute approximate surface area is 210 Å². The molecule has 1 aliphatic rings. The maximum absolute atomic E-state index is 15.1. The number of carboxylic acid groups (broad SMARTS) is 1. The molecule has 0 bridgehead atoms. The number of nitrogens with zero attached hydrogens (tertiary/aromatic N) is 4. The molecule has 1 unspecified atom stereocenters. The Kier molecular flexibility index (Phi) is 6.40. The first-order valence-corrected chi connectivity index (χ1v) is 11.8. The third-order valence-corrected chi connectivity index (χ3v) is 6.70. The van der Waals surface area contributed by atoms with E-state index >= 15 is 4.39 Å². The number of carboxylic acids is 1. The number of fused-ring (bicyclic) bond motifs is 1. The summed E-state index contributed by atoms with van der Waals surface area (Å²) in [5.74, 6) is -1.75. The molecule has 2 N–H and O–H groups in total. The number of anilines is 2. The lowest BCUT2D eigenvalue weighted by atomic mass is 10.0. The maximum atomic E-state index is 15.1. The molecule has 3 heterocycles. The fourth-order valence-corrected chi connectivity index (χ4v) is 4.65. The molecular weight excluding hydrogens is 488 g/mol. The van der Waals surface area contributed by atoms with Crippen molar-refractivity contribution in [3.63, 3.8) is 0 Å². The van der Waals surface area contributed by atoms with Gasteiger partial charge in [-0.3, -0.25) is 9.78 Å². The first-order valence-electron chi connectivity index (χ1n) is 11.4. The number of pyridine rings is 1. The highest BCUT2D eigenvalue weighted by atomic mass is 35.5. The molecule has 0 spiro atoms. The summed E-state index contributed by atoms with van der Waals surface area (Å²) in [5, 5.41) is 13.3. The van der Waals surface area contributed by atoms with Crippen molar-refractivity contribution in [1.82, 2.24) is 15.0 Å². The fraction of sp³-hybridized carbons (Fsp3) is 0.231. The number of aliphatic carboxylic acids is 1. The molecule has 1 aliphatic heterocycles.